The van der Waals surface area contributed by atoms with Crippen molar-refractivity contribution in [1.82, 2.24) is 0 Å². The van der Waals surface area contributed by atoms with Gasteiger partial charge in [0.2, 0.25) is 11.7 Å². The van der Waals surface area contributed by atoms with Crippen LogP contribution in [0, 0.1) is 15.9 Å². The number of amides is 1. The van der Waals surface area contributed by atoms with Gasteiger partial charge in [-0.2, -0.15) is 4.39 Å². The molecule has 18 heavy (non-hydrogen) atoms. The number of hydrogen-bond acceptors (Lipinski definition) is 3. The van der Waals surface area contributed by atoms with Crippen molar-refractivity contribution in [2.75, 3.05) is 11.2 Å². The molecule has 0 aliphatic carbocycles. The smallest absolute Gasteiger partial charge is 0.304 e. The molecule has 1 N–H and O–H groups in total. The fourth-order valence-electron chi connectivity index (χ4n) is 1.34. The van der Waals surface area contributed by atoms with E-state index in [1.165, 1.54) is 6.07 Å². The summed E-state index contributed by atoms with van der Waals surface area (Å²) in [6.45, 7) is 0. The lowest BCUT2D eigenvalue weighted by molar-refractivity contribution is -0.387. The van der Waals surface area contributed by atoms with Gasteiger partial charge in [0.1, 0.15) is 0 Å². The second-order valence-corrected chi connectivity index (χ2v) is 4.00. The lowest BCUT2D eigenvalue weighted by atomic mass is 10.2. The molecule has 0 aliphatic heterocycles. The lowest BCUT2D eigenvalue weighted by Gasteiger charge is -2.04. The van der Waals surface area contributed by atoms with Gasteiger partial charge < -0.3 is 5.32 Å². The molecule has 1 aromatic carbocycles. The summed E-state index contributed by atoms with van der Waals surface area (Å²) in [7, 11) is 0. The number of nitro groups is 1. The molecule has 0 radical (unpaired) electrons. The highest BCUT2D eigenvalue weighted by molar-refractivity contribution is 6.17. The first kappa shape index (κ1) is 14.4. The zero-order chi connectivity index (χ0) is 13.5. The van der Waals surface area contributed by atoms with Crippen LogP contribution in [0.3, 0.4) is 0 Å². The second kappa shape index (κ2) is 6.90. The number of nitro benzene ring substituents is 1. The number of hydrogen-bond donors (Lipinski definition) is 1. The molecule has 0 saturated heterocycles. The predicted octanol–water partition coefficient (Wildman–Crippen LogP) is 3.08. The van der Waals surface area contributed by atoms with Crippen LogP contribution in [0.1, 0.15) is 19.3 Å². The average Bonchev–Trinajstić information content (AvgIpc) is 2.28. The van der Waals surface area contributed by atoms with E-state index in [0.717, 1.165) is 18.6 Å². The van der Waals surface area contributed by atoms with Crippen LogP contribution < -0.4 is 5.32 Å². The van der Waals surface area contributed by atoms with Crippen LogP contribution in [0.15, 0.2) is 18.2 Å². The molecular formula is C11H12ClFN2O3. The Kier molecular flexibility index (Phi) is 5.51. The highest BCUT2D eigenvalue weighted by Gasteiger charge is 2.14. The molecule has 0 unspecified atom stereocenters. The number of nitrogens with one attached hydrogen (secondary N) is 1. The highest BCUT2D eigenvalue weighted by atomic mass is 35.5. The van der Waals surface area contributed by atoms with E-state index in [4.69, 9.17) is 11.6 Å². The van der Waals surface area contributed by atoms with E-state index in [-0.39, 0.29) is 18.0 Å². The van der Waals surface area contributed by atoms with Crippen LogP contribution >= 0.6 is 11.6 Å². The number of carbonyl (C=O) groups is 1. The van der Waals surface area contributed by atoms with E-state index in [1.807, 2.05) is 0 Å². The monoisotopic (exact) mass is 274 g/mol. The Balaban J connectivity index is 2.60. The minimum absolute atomic E-state index is 0.203. The summed E-state index contributed by atoms with van der Waals surface area (Å²) >= 11 is 5.47. The average molecular weight is 275 g/mol. The molecule has 0 aromatic heterocycles. The van der Waals surface area contributed by atoms with Crippen LogP contribution in [0.5, 0.6) is 0 Å². The number of alkyl halides is 1. The van der Waals surface area contributed by atoms with Crippen molar-refractivity contribution >= 4 is 28.9 Å². The van der Waals surface area contributed by atoms with Gasteiger partial charge in [-0.25, -0.2) is 0 Å². The van der Waals surface area contributed by atoms with E-state index in [2.05, 4.69) is 5.32 Å². The van der Waals surface area contributed by atoms with Gasteiger partial charge in [0.15, 0.2) is 0 Å². The number of rotatable bonds is 6. The Hall–Kier alpha value is -1.69. The van der Waals surface area contributed by atoms with E-state index in [0.29, 0.717) is 12.3 Å². The van der Waals surface area contributed by atoms with Gasteiger partial charge in [-0.05, 0) is 18.9 Å². The number of anilines is 1. The molecule has 5 nitrogen and oxygen atoms in total. The molecule has 0 bridgehead atoms. The van der Waals surface area contributed by atoms with Crippen LogP contribution in [0.25, 0.3) is 0 Å². The van der Waals surface area contributed by atoms with Crippen LogP contribution in [0.4, 0.5) is 15.8 Å². The van der Waals surface area contributed by atoms with Crippen molar-refractivity contribution in [2.24, 2.45) is 0 Å². The lowest BCUT2D eigenvalue weighted by Crippen LogP contribution is -2.11. The normalized spacial score (nSPS) is 10.1. The zero-order valence-electron chi connectivity index (χ0n) is 9.49. The maximum Gasteiger partial charge on any atom is 0.304 e. The molecule has 0 heterocycles. The fourth-order valence-corrected chi connectivity index (χ4v) is 1.53. The number of benzene rings is 1. The third kappa shape index (κ3) is 4.29. The number of unbranched alkanes of at least 4 members (excludes halogenated alkanes) is 1. The highest BCUT2D eigenvalue weighted by Crippen LogP contribution is 2.20. The maximum atomic E-state index is 13.2. The maximum absolute atomic E-state index is 13.2. The summed E-state index contributed by atoms with van der Waals surface area (Å²) in [5.74, 6) is -0.758. The molecule has 0 saturated carbocycles. The summed E-state index contributed by atoms with van der Waals surface area (Å²) < 4.78 is 13.2. The van der Waals surface area contributed by atoms with E-state index in [9.17, 15) is 19.3 Å². The first-order valence-electron chi connectivity index (χ1n) is 5.34. The summed E-state index contributed by atoms with van der Waals surface area (Å²) in [5, 5.41) is 12.9. The van der Waals surface area contributed by atoms with Gasteiger partial charge in [-0.15, -0.1) is 11.6 Å². The number of carbonyl (C=O) groups excluding carboxylic acids is 1. The van der Waals surface area contributed by atoms with Crippen molar-refractivity contribution in [1.29, 1.82) is 0 Å². The molecule has 0 atom stereocenters. The molecule has 1 aromatic rings. The Morgan fingerprint density at radius 2 is 2.17 bits per heavy atom. The van der Waals surface area contributed by atoms with Crippen molar-refractivity contribution in [3.63, 3.8) is 0 Å². The van der Waals surface area contributed by atoms with Crippen LogP contribution in [0.2, 0.25) is 0 Å². The molecule has 98 valence electrons. The second-order valence-electron chi connectivity index (χ2n) is 3.62. The summed E-state index contributed by atoms with van der Waals surface area (Å²) in [6.07, 6.45) is 1.65. The van der Waals surface area contributed by atoms with Crippen molar-refractivity contribution in [2.45, 2.75) is 19.3 Å². The molecule has 0 spiro atoms. The molecular weight excluding hydrogens is 263 g/mol. The van der Waals surface area contributed by atoms with Gasteiger partial charge in [0, 0.05) is 30.1 Å². The Labute approximate surface area is 108 Å². The minimum Gasteiger partial charge on any atom is -0.326 e. The first-order valence-corrected chi connectivity index (χ1v) is 5.88. The van der Waals surface area contributed by atoms with E-state index in [1.54, 1.807) is 0 Å². The van der Waals surface area contributed by atoms with Crippen LogP contribution in [-0.2, 0) is 4.79 Å². The Morgan fingerprint density at radius 3 is 2.72 bits per heavy atom. The van der Waals surface area contributed by atoms with Gasteiger partial charge in [0.25, 0.3) is 0 Å². The quantitative estimate of drug-likeness (QED) is 0.375. The SMILES string of the molecule is O=C(CCCCCl)Nc1ccc([N+](=O)[O-])c(F)c1. The summed E-state index contributed by atoms with van der Waals surface area (Å²) in [6, 6.07) is 3.24. The number of halogens is 2. The van der Waals surface area contributed by atoms with E-state index < -0.39 is 16.4 Å². The minimum atomic E-state index is -0.974. The topological polar surface area (TPSA) is 72.2 Å². The predicted molar refractivity (Wildman–Crippen MR) is 66.3 cm³/mol. The number of nitrogens with zero attached hydrogens (tertiary/aromatic N) is 1. The standard InChI is InChI=1S/C11H12ClFN2O3/c12-6-2-1-3-11(16)14-8-4-5-10(15(17)18)9(13)7-8/h4-5,7H,1-3,6H2,(H,14,16). The molecule has 0 fully saturated rings. The molecule has 7 heteroatoms. The first-order chi connectivity index (χ1) is 8.54. The van der Waals surface area contributed by atoms with Gasteiger partial charge in [-0.1, -0.05) is 0 Å². The van der Waals surface area contributed by atoms with Crippen molar-refractivity contribution in [3.05, 3.63) is 34.1 Å². The van der Waals surface area contributed by atoms with Crippen LogP contribution in [-0.4, -0.2) is 16.7 Å². The van der Waals surface area contributed by atoms with Crippen molar-refractivity contribution < 1.29 is 14.1 Å². The fraction of sp³-hybridized carbons (Fsp3) is 0.364. The molecule has 1 amide bonds. The molecule has 0 aliphatic rings. The summed E-state index contributed by atoms with van der Waals surface area (Å²) in [5.41, 5.74) is -0.413. The Morgan fingerprint density at radius 1 is 1.44 bits per heavy atom. The largest absolute Gasteiger partial charge is 0.326 e. The summed E-state index contributed by atoms with van der Waals surface area (Å²) in [4.78, 5) is 21.0. The third-order valence-corrected chi connectivity index (χ3v) is 2.48. The molecule has 1 rings (SSSR count). The zero-order valence-corrected chi connectivity index (χ0v) is 10.2. The third-order valence-electron chi connectivity index (χ3n) is 2.22. The Bertz CT molecular complexity index is 454. The van der Waals surface area contributed by atoms with Crippen molar-refractivity contribution in [3.8, 4) is 0 Å². The van der Waals surface area contributed by atoms with Gasteiger partial charge >= 0.3 is 5.69 Å². The van der Waals surface area contributed by atoms with Gasteiger partial charge in [-0.3, -0.25) is 14.9 Å². The van der Waals surface area contributed by atoms with Gasteiger partial charge in [0.05, 0.1) is 4.92 Å². The van der Waals surface area contributed by atoms with E-state index >= 15 is 0 Å².